The molecule has 27 heavy (non-hydrogen) atoms. The van der Waals surface area contributed by atoms with Crippen molar-refractivity contribution in [2.45, 2.75) is 66.2 Å². The van der Waals surface area contributed by atoms with Crippen LogP contribution in [-0.2, 0) is 30.7 Å². The number of nitrogens with zero attached hydrogens (tertiary/aromatic N) is 8. The Hall–Kier alpha value is -2.63. The Bertz CT molecular complexity index is 676. The predicted molar refractivity (Wildman–Crippen MR) is 97.7 cm³/mol. The van der Waals surface area contributed by atoms with Gasteiger partial charge in [-0.3, -0.25) is 0 Å². The maximum Gasteiger partial charge on any atom is 0.407 e. The van der Waals surface area contributed by atoms with Crippen LogP contribution in [-0.4, -0.2) is 65.2 Å². The van der Waals surface area contributed by atoms with E-state index in [2.05, 4.69) is 36.4 Å². The van der Waals surface area contributed by atoms with Crippen molar-refractivity contribution in [1.82, 2.24) is 45.7 Å². The Morgan fingerprint density at radius 3 is 2.00 bits per heavy atom. The molecule has 3 N–H and O–H groups in total. The largest absolute Gasteiger partial charge is 0.444 e. The Balaban J connectivity index is 0.000000309. The smallest absolute Gasteiger partial charge is 0.407 e. The van der Waals surface area contributed by atoms with Crippen molar-refractivity contribution in [3.05, 3.63) is 11.6 Å². The Morgan fingerprint density at radius 1 is 1.04 bits per heavy atom. The zero-order chi connectivity index (χ0) is 20.3. The van der Waals surface area contributed by atoms with Gasteiger partial charge >= 0.3 is 6.09 Å². The van der Waals surface area contributed by atoms with Crippen molar-refractivity contribution < 1.29 is 9.53 Å². The molecule has 2 heterocycles. The first kappa shape index (κ1) is 22.4. The summed E-state index contributed by atoms with van der Waals surface area (Å²) in [5.74, 6) is 1.62. The second-order valence-corrected chi connectivity index (χ2v) is 6.54. The Morgan fingerprint density at radius 2 is 1.56 bits per heavy atom. The molecule has 0 aliphatic rings. The normalized spacial score (nSPS) is 10.9. The van der Waals surface area contributed by atoms with Crippen molar-refractivity contribution in [1.29, 1.82) is 0 Å². The highest BCUT2D eigenvalue weighted by atomic mass is 16.6. The van der Waals surface area contributed by atoms with Crippen LogP contribution < -0.4 is 11.1 Å². The van der Waals surface area contributed by atoms with Gasteiger partial charge in [-0.2, -0.15) is 0 Å². The molecule has 0 unspecified atom stereocenters. The molecule has 0 aliphatic carbocycles. The van der Waals surface area contributed by atoms with Crippen LogP contribution in [0.3, 0.4) is 0 Å². The molecule has 12 heteroatoms. The lowest BCUT2D eigenvalue weighted by atomic mass is 10.2. The average Bonchev–Trinajstić information content (AvgIpc) is 3.22. The standard InChI is InChI=1S/C10H19N5O2.C5H11N5/c1-5-15-8(12-13-14-15)6-7-11-9(16)17-10(2,3)4;1-2-10-5(3-4-6)7-8-9-10/h5-7H2,1-4H3,(H,11,16);2-4,6H2,1H3. The van der Waals surface area contributed by atoms with Gasteiger partial charge in [0.15, 0.2) is 11.6 Å². The minimum Gasteiger partial charge on any atom is -0.444 e. The summed E-state index contributed by atoms with van der Waals surface area (Å²) < 4.78 is 8.54. The molecular weight excluding hydrogens is 352 g/mol. The quantitative estimate of drug-likeness (QED) is 0.671. The SMILES string of the molecule is CCn1nnnc1CCN.CCn1nnnc1CCNC(=O)OC(C)(C)C. The number of tetrazole rings is 2. The summed E-state index contributed by atoms with van der Waals surface area (Å²) >= 11 is 0. The van der Waals surface area contributed by atoms with E-state index in [1.54, 1.807) is 9.36 Å². The topological polar surface area (TPSA) is 152 Å². The van der Waals surface area contributed by atoms with E-state index in [4.69, 9.17) is 10.5 Å². The number of aryl methyl sites for hydroxylation is 2. The Labute approximate surface area is 158 Å². The summed E-state index contributed by atoms with van der Waals surface area (Å²) in [6, 6.07) is 0. The fraction of sp³-hybridized carbons (Fsp3) is 0.800. The molecule has 1 amide bonds. The lowest BCUT2D eigenvalue weighted by Crippen LogP contribution is -2.33. The Kier molecular flexibility index (Phi) is 9.26. The summed E-state index contributed by atoms with van der Waals surface area (Å²) in [4.78, 5) is 11.3. The third-order valence-corrected chi connectivity index (χ3v) is 3.20. The fourth-order valence-corrected chi connectivity index (χ4v) is 2.02. The second kappa shape index (κ2) is 11.2. The minimum absolute atomic E-state index is 0.423. The highest BCUT2D eigenvalue weighted by Gasteiger charge is 2.15. The summed E-state index contributed by atoms with van der Waals surface area (Å²) in [7, 11) is 0. The number of carbonyl (C=O) groups is 1. The number of rotatable bonds is 7. The monoisotopic (exact) mass is 382 g/mol. The molecule has 2 rings (SSSR count). The van der Waals surface area contributed by atoms with Gasteiger partial charge in [-0.1, -0.05) is 0 Å². The van der Waals surface area contributed by atoms with Gasteiger partial charge in [-0.05, 0) is 62.0 Å². The van der Waals surface area contributed by atoms with Crippen molar-refractivity contribution in [2.24, 2.45) is 5.73 Å². The van der Waals surface area contributed by atoms with E-state index < -0.39 is 11.7 Å². The lowest BCUT2D eigenvalue weighted by molar-refractivity contribution is 0.0528. The molecule has 0 saturated carbocycles. The third-order valence-electron chi connectivity index (χ3n) is 3.20. The van der Waals surface area contributed by atoms with Gasteiger partial charge in [0.25, 0.3) is 0 Å². The number of hydrogen-bond donors (Lipinski definition) is 2. The van der Waals surface area contributed by atoms with Gasteiger partial charge in [0, 0.05) is 32.5 Å². The molecule has 0 atom stereocenters. The van der Waals surface area contributed by atoms with Crippen LogP contribution >= 0.6 is 0 Å². The molecule has 12 nitrogen and oxygen atoms in total. The third kappa shape index (κ3) is 8.53. The van der Waals surface area contributed by atoms with E-state index in [1.807, 2.05) is 34.6 Å². The van der Waals surface area contributed by atoms with Crippen molar-refractivity contribution in [3.8, 4) is 0 Å². The zero-order valence-corrected chi connectivity index (χ0v) is 16.7. The van der Waals surface area contributed by atoms with Crippen molar-refractivity contribution in [3.63, 3.8) is 0 Å². The summed E-state index contributed by atoms with van der Waals surface area (Å²) in [6.45, 7) is 12.0. The summed E-state index contributed by atoms with van der Waals surface area (Å²) in [5.41, 5.74) is 4.86. The molecule has 0 aromatic carbocycles. The fourth-order valence-electron chi connectivity index (χ4n) is 2.02. The maximum absolute atomic E-state index is 11.3. The van der Waals surface area contributed by atoms with Gasteiger partial charge in [-0.15, -0.1) is 10.2 Å². The molecule has 0 spiro atoms. The number of carbonyl (C=O) groups excluding carboxylic acids is 1. The molecule has 0 aliphatic heterocycles. The van der Waals surface area contributed by atoms with Crippen molar-refractivity contribution in [2.75, 3.05) is 13.1 Å². The maximum atomic E-state index is 11.3. The van der Waals surface area contributed by atoms with Crippen LogP contribution in [0.15, 0.2) is 0 Å². The van der Waals surface area contributed by atoms with E-state index in [0.717, 1.165) is 31.2 Å². The first-order valence-electron chi connectivity index (χ1n) is 8.97. The van der Waals surface area contributed by atoms with E-state index in [-0.39, 0.29) is 0 Å². The molecule has 2 aromatic heterocycles. The van der Waals surface area contributed by atoms with Crippen LogP contribution in [0.25, 0.3) is 0 Å². The highest BCUT2D eigenvalue weighted by Crippen LogP contribution is 2.06. The van der Waals surface area contributed by atoms with Crippen LogP contribution in [0, 0.1) is 0 Å². The van der Waals surface area contributed by atoms with E-state index in [1.165, 1.54) is 0 Å². The molecular formula is C15H30N10O2. The number of alkyl carbamates (subject to hydrolysis) is 1. The van der Waals surface area contributed by atoms with Gasteiger partial charge in [0.1, 0.15) is 5.60 Å². The van der Waals surface area contributed by atoms with Crippen LogP contribution in [0.5, 0.6) is 0 Å². The van der Waals surface area contributed by atoms with E-state index >= 15 is 0 Å². The zero-order valence-electron chi connectivity index (χ0n) is 16.7. The minimum atomic E-state index is -0.477. The van der Waals surface area contributed by atoms with Crippen LogP contribution in [0.2, 0.25) is 0 Å². The molecule has 0 saturated heterocycles. The van der Waals surface area contributed by atoms with Gasteiger partial charge < -0.3 is 15.8 Å². The molecule has 0 bridgehead atoms. The number of amides is 1. The first-order chi connectivity index (χ1) is 12.8. The van der Waals surface area contributed by atoms with Crippen molar-refractivity contribution >= 4 is 6.09 Å². The number of hydrogen-bond acceptors (Lipinski definition) is 9. The number of nitrogens with one attached hydrogen (secondary N) is 1. The van der Waals surface area contributed by atoms with Crippen LogP contribution in [0.1, 0.15) is 46.3 Å². The molecule has 0 fully saturated rings. The van der Waals surface area contributed by atoms with Gasteiger partial charge in [0.05, 0.1) is 0 Å². The van der Waals surface area contributed by atoms with E-state index in [0.29, 0.717) is 19.5 Å². The number of ether oxygens (including phenoxy) is 1. The van der Waals surface area contributed by atoms with Gasteiger partial charge in [-0.25, -0.2) is 14.2 Å². The molecule has 152 valence electrons. The highest BCUT2D eigenvalue weighted by molar-refractivity contribution is 5.67. The summed E-state index contributed by atoms with van der Waals surface area (Å²) in [6.07, 6.45) is 0.911. The number of nitrogens with two attached hydrogens (primary N) is 1. The molecule has 2 aromatic rings. The first-order valence-corrected chi connectivity index (χ1v) is 8.97. The summed E-state index contributed by atoms with van der Waals surface area (Å²) in [5, 5.41) is 25.0. The van der Waals surface area contributed by atoms with Crippen LogP contribution in [0.4, 0.5) is 4.79 Å². The lowest BCUT2D eigenvalue weighted by Gasteiger charge is -2.19. The van der Waals surface area contributed by atoms with E-state index in [9.17, 15) is 4.79 Å². The van der Waals surface area contributed by atoms with Gasteiger partial charge in [0.2, 0.25) is 0 Å². The number of aromatic nitrogens is 8. The second-order valence-electron chi connectivity index (χ2n) is 6.54. The predicted octanol–water partition coefficient (Wildman–Crippen LogP) is -0.0456. The average molecular weight is 382 g/mol. The molecule has 0 radical (unpaired) electrons.